The zero-order valence-electron chi connectivity index (χ0n) is 8.64. The van der Waals surface area contributed by atoms with E-state index in [2.05, 4.69) is 5.32 Å². The van der Waals surface area contributed by atoms with E-state index < -0.39 is 12.0 Å². The summed E-state index contributed by atoms with van der Waals surface area (Å²) in [6, 6.07) is 4.41. The monoisotopic (exact) mass is 371 g/mol. The molecule has 2 rings (SSSR count). The number of nitrogens with one attached hydrogen (secondary N) is 1. The van der Waals surface area contributed by atoms with Gasteiger partial charge < -0.3 is 5.32 Å². The molecular weight excluding hydrogens is 362 g/mol. The van der Waals surface area contributed by atoms with E-state index in [1.54, 1.807) is 18.2 Å². The fourth-order valence-electron chi connectivity index (χ4n) is 1.67. The Morgan fingerprint density at radius 1 is 1.47 bits per heavy atom. The summed E-state index contributed by atoms with van der Waals surface area (Å²) in [4.78, 5) is 11.7. The van der Waals surface area contributed by atoms with Crippen LogP contribution in [0.4, 0.5) is 8.78 Å². The predicted molar refractivity (Wildman–Crippen MR) is 69.6 cm³/mol. The van der Waals surface area contributed by atoms with Crippen LogP contribution in [-0.4, -0.2) is 17.9 Å². The second-order valence-electron chi connectivity index (χ2n) is 4.06. The van der Waals surface area contributed by atoms with Crippen molar-refractivity contribution < 1.29 is 13.6 Å². The van der Waals surface area contributed by atoms with Gasteiger partial charge in [0, 0.05) is 28.0 Å². The Morgan fingerprint density at radius 3 is 2.65 bits per heavy atom. The van der Waals surface area contributed by atoms with E-state index >= 15 is 0 Å². The summed E-state index contributed by atoms with van der Waals surface area (Å²) in [7, 11) is 0. The van der Waals surface area contributed by atoms with Crippen molar-refractivity contribution in [2.45, 2.75) is 24.8 Å². The molecule has 1 aliphatic rings. The van der Waals surface area contributed by atoms with Gasteiger partial charge in [0.05, 0.1) is 5.02 Å². The highest BCUT2D eigenvalue weighted by Crippen LogP contribution is 2.37. The van der Waals surface area contributed by atoms with Crippen LogP contribution < -0.4 is 5.32 Å². The van der Waals surface area contributed by atoms with E-state index in [9.17, 15) is 13.6 Å². The second kappa shape index (κ2) is 4.68. The largest absolute Gasteiger partial charge is 0.349 e. The standard InChI is InChI=1S/C11H9ClF2INO/c12-8-2-1-6(3-9(8)15)10(17)16-7-4-11(13,14)5-7/h1-3,7H,4-5H2,(H,16,17). The smallest absolute Gasteiger partial charge is 0.252 e. The van der Waals surface area contributed by atoms with E-state index in [1.807, 2.05) is 22.6 Å². The number of hydrogen-bond acceptors (Lipinski definition) is 1. The topological polar surface area (TPSA) is 29.1 Å². The van der Waals surface area contributed by atoms with Crippen molar-refractivity contribution in [1.82, 2.24) is 5.32 Å². The maximum Gasteiger partial charge on any atom is 0.252 e. The van der Waals surface area contributed by atoms with Gasteiger partial charge in [-0.05, 0) is 40.8 Å². The molecule has 0 bridgehead atoms. The molecule has 0 heterocycles. The molecule has 1 saturated carbocycles. The molecule has 0 aromatic heterocycles. The van der Waals surface area contributed by atoms with Crippen molar-refractivity contribution in [2.75, 3.05) is 0 Å². The lowest BCUT2D eigenvalue weighted by Crippen LogP contribution is -2.50. The molecule has 1 fully saturated rings. The molecule has 0 saturated heterocycles. The Labute approximate surface area is 116 Å². The van der Waals surface area contributed by atoms with Crippen LogP contribution in [0.5, 0.6) is 0 Å². The molecule has 92 valence electrons. The molecule has 1 aromatic carbocycles. The van der Waals surface area contributed by atoms with Gasteiger partial charge in [-0.3, -0.25) is 4.79 Å². The van der Waals surface area contributed by atoms with Gasteiger partial charge in [0.15, 0.2) is 0 Å². The van der Waals surface area contributed by atoms with Crippen LogP contribution in [0.3, 0.4) is 0 Å². The Morgan fingerprint density at radius 2 is 2.12 bits per heavy atom. The lowest BCUT2D eigenvalue weighted by Gasteiger charge is -2.35. The van der Waals surface area contributed by atoms with Crippen LogP contribution in [0.25, 0.3) is 0 Å². The summed E-state index contributed by atoms with van der Waals surface area (Å²) in [6.45, 7) is 0. The Bertz CT molecular complexity index is 459. The molecule has 0 spiro atoms. The van der Waals surface area contributed by atoms with Crippen LogP contribution in [0.2, 0.25) is 5.02 Å². The summed E-state index contributed by atoms with van der Waals surface area (Å²) >= 11 is 7.84. The average Bonchev–Trinajstić information content (AvgIpc) is 2.19. The number of carbonyl (C=O) groups excluding carboxylic acids is 1. The molecule has 1 amide bonds. The minimum atomic E-state index is -2.62. The number of carbonyl (C=O) groups is 1. The molecule has 0 atom stereocenters. The predicted octanol–water partition coefficient (Wildman–Crippen LogP) is 3.47. The number of rotatable bonds is 2. The average molecular weight is 372 g/mol. The van der Waals surface area contributed by atoms with Crippen molar-refractivity contribution in [3.63, 3.8) is 0 Å². The summed E-state index contributed by atoms with van der Waals surface area (Å²) in [5.74, 6) is -2.95. The number of alkyl halides is 2. The molecule has 0 unspecified atom stereocenters. The SMILES string of the molecule is O=C(NC1CC(F)(F)C1)c1ccc(Cl)c(I)c1. The zero-order chi connectivity index (χ0) is 12.6. The second-order valence-corrected chi connectivity index (χ2v) is 5.63. The molecule has 1 aromatic rings. The number of amides is 1. The van der Waals surface area contributed by atoms with Gasteiger partial charge in [0.1, 0.15) is 0 Å². The van der Waals surface area contributed by atoms with Crippen molar-refractivity contribution in [1.29, 1.82) is 0 Å². The number of halogens is 4. The first-order valence-corrected chi connectivity index (χ1v) is 6.47. The van der Waals surface area contributed by atoms with Gasteiger partial charge in [0.25, 0.3) is 11.8 Å². The molecule has 2 nitrogen and oxygen atoms in total. The molecule has 17 heavy (non-hydrogen) atoms. The first-order valence-electron chi connectivity index (χ1n) is 5.01. The lowest BCUT2D eigenvalue weighted by atomic mass is 9.88. The van der Waals surface area contributed by atoms with E-state index in [-0.39, 0.29) is 18.7 Å². The van der Waals surface area contributed by atoms with E-state index in [4.69, 9.17) is 11.6 Å². The van der Waals surface area contributed by atoms with Crippen molar-refractivity contribution >= 4 is 40.1 Å². The lowest BCUT2D eigenvalue weighted by molar-refractivity contribution is -0.0901. The third kappa shape index (κ3) is 3.07. The van der Waals surface area contributed by atoms with Gasteiger partial charge in [-0.15, -0.1) is 0 Å². The van der Waals surface area contributed by atoms with E-state index in [1.165, 1.54) is 0 Å². The van der Waals surface area contributed by atoms with Crippen molar-refractivity contribution in [3.05, 3.63) is 32.4 Å². The molecule has 1 aliphatic carbocycles. The minimum Gasteiger partial charge on any atom is -0.349 e. The first kappa shape index (κ1) is 13.0. The minimum absolute atomic E-state index is 0.274. The van der Waals surface area contributed by atoms with Crippen LogP contribution in [0.1, 0.15) is 23.2 Å². The molecular formula is C11H9ClF2INO. The number of benzene rings is 1. The third-order valence-electron chi connectivity index (χ3n) is 2.61. The fourth-order valence-corrected chi connectivity index (χ4v) is 2.30. The van der Waals surface area contributed by atoms with Gasteiger partial charge in [-0.1, -0.05) is 11.6 Å². The van der Waals surface area contributed by atoms with Crippen LogP contribution in [-0.2, 0) is 0 Å². The Hall–Kier alpha value is -0.430. The highest BCUT2D eigenvalue weighted by atomic mass is 127. The Kier molecular flexibility index (Phi) is 3.58. The quantitative estimate of drug-likeness (QED) is 0.793. The summed E-state index contributed by atoms with van der Waals surface area (Å²) in [5, 5.41) is 3.14. The van der Waals surface area contributed by atoms with Gasteiger partial charge in [-0.2, -0.15) is 0 Å². The maximum atomic E-state index is 12.6. The van der Waals surface area contributed by atoms with Gasteiger partial charge in [0.2, 0.25) is 0 Å². The van der Waals surface area contributed by atoms with Crippen molar-refractivity contribution in [2.24, 2.45) is 0 Å². The molecule has 6 heteroatoms. The van der Waals surface area contributed by atoms with Gasteiger partial charge >= 0.3 is 0 Å². The van der Waals surface area contributed by atoms with Gasteiger partial charge in [-0.25, -0.2) is 8.78 Å². The maximum absolute atomic E-state index is 12.6. The summed E-state index contributed by atoms with van der Waals surface area (Å²) < 4.78 is 25.9. The highest BCUT2D eigenvalue weighted by Gasteiger charge is 2.45. The molecule has 0 aliphatic heterocycles. The number of hydrogen-bond donors (Lipinski definition) is 1. The molecule has 0 radical (unpaired) electrons. The first-order chi connectivity index (χ1) is 7.87. The van der Waals surface area contributed by atoms with E-state index in [0.29, 0.717) is 10.6 Å². The summed E-state index contributed by atoms with van der Waals surface area (Å²) in [5.41, 5.74) is 0.439. The van der Waals surface area contributed by atoms with Crippen LogP contribution in [0.15, 0.2) is 18.2 Å². The van der Waals surface area contributed by atoms with Crippen molar-refractivity contribution in [3.8, 4) is 0 Å². The normalized spacial score (nSPS) is 18.6. The zero-order valence-corrected chi connectivity index (χ0v) is 11.6. The third-order valence-corrected chi connectivity index (χ3v) is 4.15. The van der Waals surface area contributed by atoms with Crippen LogP contribution in [0, 0.1) is 3.57 Å². The summed E-state index contributed by atoms with van der Waals surface area (Å²) in [6.07, 6.45) is -0.549. The van der Waals surface area contributed by atoms with E-state index in [0.717, 1.165) is 3.57 Å². The van der Waals surface area contributed by atoms with Crippen LogP contribution >= 0.6 is 34.2 Å². The Balaban J connectivity index is 1.98. The fraction of sp³-hybridized carbons (Fsp3) is 0.364. The molecule has 1 N–H and O–H groups in total. The highest BCUT2D eigenvalue weighted by molar-refractivity contribution is 14.1.